The van der Waals surface area contributed by atoms with E-state index in [0.29, 0.717) is 29.1 Å². The molecule has 0 saturated carbocycles. The molecular weight excluding hydrogens is 379 g/mol. The lowest BCUT2D eigenvalue weighted by molar-refractivity contribution is 0.178. The molecule has 7 heteroatoms. The summed E-state index contributed by atoms with van der Waals surface area (Å²) in [4.78, 5) is 8.40. The highest BCUT2D eigenvalue weighted by molar-refractivity contribution is 14.1. The zero-order valence-corrected chi connectivity index (χ0v) is 13.1. The van der Waals surface area contributed by atoms with Crippen LogP contribution in [0, 0.1) is 3.57 Å². The number of aromatic nitrogens is 2. The molecule has 1 aromatic carbocycles. The van der Waals surface area contributed by atoms with Crippen LogP contribution in [-0.4, -0.2) is 17.1 Å². The molecule has 5 nitrogen and oxygen atoms in total. The van der Waals surface area contributed by atoms with E-state index >= 15 is 0 Å². The Morgan fingerprint density at radius 1 is 1.37 bits per heavy atom. The third kappa shape index (κ3) is 3.92. The lowest BCUT2D eigenvalue weighted by atomic mass is 10.3. The van der Waals surface area contributed by atoms with E-state index in [1.807, 2.05) is 18.2 Å². The molecule has 0 radical (unpaired) electrons. The van der Waals surface area contributed by atoms with Gasteiger partial charge in [0.05, 0.1) is 5.69 Å². The molecule has 19 heavy (non-hydrogen) atoms. The Balaban J connectivity index is 2.27. The Bertz CT molecular complexity index is 594. The lowest BCUT2D eigenvalue weighted by Gasteiger charge is -2.10. The summed E-state index contributed by atoms with van der Waals surface area (Å²) in [5.74, 6) is 1.56. The number of methoxy groups -OCH3 is 1. The van der Waals surface area contributed by atoms with Crippen molar-refractivity contribution < 1.29 is 4.74 Å². The van der Waals surface area contributed by atoms with Gasteiger partial charge >= 0.3 is 0 Å². The predicted molar refractivity (Wildman–Crippen MR) is 84.6 cm³/mol. The summed E-state index contributed by atoms with van der Waals surface area (Å²) in [6, 6.07) is 7.24. The summed E-state index contributed by atoms with van der Waals surface area (Å²) in [6.07, 6.45) is 0. The van der Waals surface area contributed by atoms with E-state index in [1.54, 1.807) is 13.2 Å². The van der Waals surface area contributed by atoms with Crippen LogP contribution in [0.5, 0.6) is 0 Å². The van der Waals surface area contributed by atoms with Gasteiger partial charge in [-0.05, 0) is 40.8 Å². The Morgan fingerprint density at radius 2 is 2.16 bits per heavy atom. The number of ether oxygens (including phenoxy) is 1. The van der Waals surface area contributed by atoms with Crippen molar-refractivity contribution in [3.63, 3.8) is 0 Å². The summed E-state index contributed by atoms with van der Waals surface area (Å²) >= 11 is 8.12. The van der Waals surface area contributed by atoms with Gasteiger partial charge in [-0.3, -0.25) is 0 Å². The maximum Gasteiger partial charge on any atom is 0.158 e. The molecule has 0 saturated heterocycles. The number of hydrogen-bond donors (Lipinski definition) is 2. The Morgan fingerprint density at radius 3 is 2.84 bits per heavy atom. The molecule has 0 aliphatic heterocycles. The summed E-state index contributed by atoms with van der Waals surface area (Å²) < 4.78 is 6.00. The zero-order valence-electron chi connectivity index (χ0n) is 10.2. The molecule has 0 fully saturated rings. The number of hydrogen-bond acceptors (Lipinski definition) is 5. The monoisotopic (exact) mass is 390 g/mol. The van der Waals surface area contributed by atoms with Crippen molar-refractivity contribution in [3.8, 4) is 0 Å². The van der Waals surface area contributed by atoms with Crippen molar-refractivity contribution in [2.45, 2.75) is 6.61 Å². The number of nitrogens with two attached hydrogens (primary N) is 1. The molecule has 0 unspecified atom stereocenters. The molecule has 2 rings (SSSR count). The Labute approximate surface area is 129 Å². The molecule has 1 aromatic heterocycles. The van der Waals surface area contributed by atoms with Gasteiger partial charge in [0.2, 0.25) is 0 Å². The van der Waals surface area contributed by atoms with Crippen LogP contribution in [0.25, 0.3) is 0 Å². The lowest BCUT2D eigenvalue weighted by Crippen LogP contribution is -2.04. The van der Waals surface area contributed by atoms with E-state index in [0.717, 1.165) is 9.26 Å². The number of benzene rings is 1. The van der Waals surface area contributed by atoms with Crippen molar-refractivity contribution in [2.24, 2.45) is 0 Å². The Kier molecular flexibility index (Phi) is 4.78. The SMILES string of the molecule is COCc1nc(N)cc(Nc2ccc(Cl)cc2I)n1. The minimum atomic E-state index is 0.317. The molecule has 100 valence electrons. The minimum Gasteiger partial charge on any atom is -0.384 e. The van der Waals surface area contributed by atoms with E-state index in [2.05, 4.69) is 37.9 Å². The van der Waals surface area contributed by atoms with Crippen LogP contribution in [0.3, 0.4) is 0 Å². The highest BCUT2D eigenvalue weighted by Crippen LogP contribution is 2.25. The number of nitrogen functional groups attached to an aromatic ring is 1. The fraction of sp³-hybridized carbons (Fsp3) is 0.167. The second kappa shape index (κ2) is 6.36. The molecule has 1 heterocycles. The van der Waals surface area contributed by atoms with Crippen molar-refractivity contribution in [1.82, 2.24) is 9.97 Å². The maximum absolute atomic E-state index is 5.92. The standard InChI is InChI=1S/C12H12ClIN4O/c1-19-6-12-17-10(15)5-11(18-12)16-9-3-2-7(13)4-8(9)14/h2-5H,6H2,1H3,(H3,15,16,17,18). The number of nitrogens with one attached hydrogen (secondary N) is 1. The third-order valence-corrected chi connectivity index (χ3v) is 3.39. The van der Waals surface area contributed by atoms with Crippen LogP contribution in [0.4, 0.5) is 17.3 Å². The molecule has 0 atom stereocenters. The summed E-state index contributed by atoms with van der Waals surface area (Å²) in [5, 5.41) is 3.88. The summed E-state index contributed by atoms with van der Waals surface area (Å²) in [6.45, 7) is 0.317. The number of nitrogens with zero attached hydrogens (tertiary/aromatic N) is 2. The first-order valence-electron chi connectivity index (χ1n) is 5.43. The average molecular weight is 391 g/mol. The quantitative estimate of drug-likeness (QED) is 0.784. The molecule has 0 aliphatic carbocycles. The van der Waals surface area contributed by atoms with Gasteiger partial charge in [-0.2, -0.15) is 0 Å². The normalized spacial score (nSPS) is 10.5. The van der Waals surface area contributed by atoms with Crippen LogP contribution in [0.15, 0.2) is 24.3 Å². The van der Waals surface area contributed by atoms with Crippen LogP contribution >= 0.6 is 34.2 Å². The molecule has 0 amide bonds. The van der Waals surface area contributed by atoms with Gasteiger partial charge in [0, 0.05) is 21.8 Å². The molecule has 2 aromatic rings. The van der Waals surface area contributed by atoms with Gasteiger partial charge in [0.1, 0.15) is 18.2 Å². The second-order valence-corrected chi connectivity index (χ2v) is 5.38. The molecule has 3 N–H and O–H groups in total. The highest BCUT2D eigenvalue weighted by Gasteiger charge is 2.05. The largest absolute Gasteiger partial charge is 0.384 e. The predicted octanol–water partition coefficient (Wildman–Crippen LogP) is 3.21. The summed E-state index contributed by atoms with van der Waals surface area (Å²) in [5.41, 5.74) is 6.64. The van der Waals surface area contributed by atoms with Crippen molar-refractivity contribution in [1.29, 1.82) is 0 Å². The maximum atomic E-state index is 5.92. The average Bonchev–Trinajstić information content (AvgIpc) is 2.32. The fourth-order valence-electron chi connectivity index (χ4n) is 1.50. The van der Waals surface area contributed by atoms with E-state index in [9.17, 15) is 0 Å². The topological polar surface area (TPSA) is 73.1 Å². The highest BCUT2D eigenvalue weighted by atomic mass is 127. The summed E-state index contributed by atoms with van der Waals surface area (Å²) in [7, 11) is 1.59. The van der Waals surface area contributed by atoms with Crippen LogP contribution < -0.4 is 11.1 Å². The first-order valence-corrected chi connectivity index (χ1v) is 6.88. The van der Waals surface area contributed by atoms with Crippen LogP contribution in [-0.2, 0) is 11.3 Å². The second-order valence-electron chi connectivity index (χ2n) is 3.78. The van der Waals surface area contributed by atoms with E-state index in [4.69, 9.17) is 22.1 Å². The third-order valence-electron chi connectivity index (χ3n) is 2.26. The number of halogens is 2. The fourth-order valence-corrected chi connectivity index (χ4v) is 2.51. The van der Waals surface area contributed by atoms with E-state index in [1.165, 1.54) is 0 Å². The van der Waals surface area contributed by atoms with Gasteiger partial charge in [-0.25, -0.2) is 9.97 Å². The van der Waals surface area contributed by atoms with Gasteiger partial charge in [-0.1, -0.05) is 11.6 Å². The first kappa shape index (κ1) is 14.3. The van der Waals surface area contributed by atoms with Crippen molar-refractivity contribution in [3.05, 3.63) is 38.7 Å². The molecule has 0 bridgehead atoms. The van der Waals surface area contributed by atoms with Gasteiger partial charge < -0.3 is 15.8 Å². The van der Waals surface area contributed by atoms with Crippen molar-refractivity contribution in [2.75, 3.05) is 18.2 Å². The molecule has 0 aliphatic rings. The van der Waals surface area contributed by atoms with Crippen molar-refractivity contribution >= 4 is 51.5 Å². The zero-order chi connectivity index (χ0) is 13.8. The van der Waals surface area contributed by atoms with E-state index in [-0.39, 0.29) is 0 Å². The van der Waals surface area contributed by atoms with Gasteiger partial charge in [0.25, 0.3) is 0 Å². The molecule has 0 spiro atoms. The number of anilines is 3. The van der Waals surface area contributed by atoms with Crippen LogP contribution in [0.2, 0.25) is 5.02 Å². The number of rotatable bonds is 4. The van der Waals surface area contributed by atoms with Crippen LogP contribution in [0.1, 0.15) is 5.82 Å². The Hall–Kier alpha value is -1.12. The first-order chi connectivity index (χ1) is 9.08. The van der Waals surface area contributed by atoms with Gasteiger partial charge in [0.15, 0.2) is 5.82 Å². The molecular formula is C12H12ClIN4O. The minimum absolute atomic E-state index is 0.317. The smallest absolute Gasteiger partial charge is 0.158 e. The van der Waals surface area contributed by atoms with Gasteiger partial charge in [-0.15, -0.1) is 0 Å². The van der Waals surface area contributed by atoms with E-state index < -0.39 is 0 Å².